The second-order valence-electron chi connectivity index (χ2n) is 4.29. The number of aryl methyl sites for hydroxylation is 2. The first kappa shape index (κ1) is 12.9. The van der Waals surface area contributed by atoms with Gasteiger partial charge in [-0.2, -0.15) is 5.10 Å². The van der Waals surface area contributed by atoms with E-state index in [1.165, 1.54) is 0 Å². The molecule has 4 heteroatoms. The molecule has 1 heterocycles. The van der Waals surface area contributed by atoms with Gasteiger partial charge in [-0.1, -0.05) is 19.8 Å². The maximum absolute atomic E-state index is 11.8. The monoisotopic (exact) mass is 223 g/mol. The minimum absolute atomic E-state index is 0.108. The Labute approximate surface area is 96.8 Å². The van der Waals surface area contributed by atoms with Crippen molar-refractivity contribution >= 4 is 5.78 Å². The molecule has 1 aromatic heterocycles. The van der Waals surface area contributed by atoms with Gasteiger partial charge in [0.15, 0.2) is 5.78 Å². The van der Waals surface area contributed by atoms with Gasteiger partial charge >= 0.3 is 0 Å². The number of carbonyl (C=O) groups is 1. The maximum Gasteiger partial charge on any atom is 0.155 e. The fourth-order valence-corrected chi connectivity index (χ4v) is 1.72. The second-order valence-corrected chi connectivity index (χ2v) is 4.29. The number of hydrogen-bond donors (Lipinski definition) is 1. The molecule has 0 bridgehead atoms. The third kappa shape index (κ3) is 3.45. The molecule has 0 amide bonds. The molecule has 0 aliphatic heterocycles. The number of carbonyl (C=O) groups excluding carboxylic acids is 1. The van der Waals surface area contributed by atoms with Crippen molar-refractivity contribution in [2.45, 2.75) is 45.6 Å². The molecule has 1 aromatic rings. The molecule has 1 unspecified atom stereocenters. The summed E-state index contributed by atoms with van der Waals surface area (Å²) in [6, 6.07) is 1.61. The van der Waals surface area contributed by atoms with Gasteiger partial charge in [0.25, 0.3) is 0 Å². The lowest BCUT2D eigenvalue weighted by atomic mass is 10.0. The highest BCUT2D eigenvalue weighted by molar-refractivity contribution is 5.85. The number of hydrogen-bond acceptors (Lipinski definition) is 3. The molecule has 1 rings (SSSR count). The molecule has 0 saturated heterocycles. The number of Topliss-reactive ketones (excluding diaryl/α,β-unsaturated/α-hetero) is 1. The van der Waals surface area contributed by atoms with Crippen molar-refractivity contribution in [2.75, 3.05) is 0 Å². The van der Waals surface area contributed by atoms with Crippen LogP contribution in [0.3, 0.4) is 0 Å². The molecule has 0 aromatic carbocycles. The van der Waals surface area contributed by atoms with Crippen LogP contribution in [0, 0.1) is 6.92 Å². The van der Waals surface area contributed by atoms with Gasteiger partial charge < -0.3 is 5.73 Å². The summed E-state index contributed by atoms with van der Waals surface area (Å²) in [6.45, 7) is 4.02. The van der Waals surface area contributed by atoms with E-state index >= 15 is 0 Å². The van der Waals surface area contributed by atoms with Crippen molar-refractivity contribution in [1.82, 2.24) is 9.78 Å². The van der Waals surface area contributed by atoms with Crippen LogP contribution in [0.25, 0.3) is 0 Å². The molecule has 0 radical (unpaired) electrons. The molecule has 16 heavy (non-hydrogen) atoms. The Morgan fingerprint density at radius 3 is 2.81 bits per heavy atom. The van der Waals surface area contributed by atoms with Gasteiger partial charge in [0.05, 0.1) is 11.7 Å². The number of unbranched alkanes of at least 4 members (excludes halogenated alkanes) is 1. The largest absolute Gasteiger partial charge is 0.321 e. The molecular weight excluding hydrogens is 202 g/mol. The average molecular weight is 223 g/mol. The number of nitrogens with two attached hydrogens (primary N) is 1. The van der Waals surface area contributed by atoms with E-state index in [4.69, 9.17) is 5.73 Å². The van der Waals surface area contributed by atoms with Gasteiger partial charge in [-0.25, -0.2) is 0 Å². The normalized spacial score (nSPS) is 12.8. The summed E-state index contributed by atoms with van der Waals surface area (Å²) in [7, 11) is 1.85. The zero-order chi connectivity index (χ0) is 12.1. The summed E-state index contributed by atoms with van der Waals surface area (Å²) in [6.07, 6.45) is 3.26. The summed E-state index contributed by atoms with van der Waals surface area (Å²) in [5, 5.41) is 4.21. The number of nitrogens with zero attached hydrogens (tertiary/aromatic N) is 2. The molecule has 0 fully saturated rings. The standard InChI is InChI=1S/C12H21N3O/c1-4-5-6-11(13)12(16)8-10-7-9(2)14-15(10)3/h7,11H,4-6,8,13H2,1-3H3. The highest BCUT2D eigenvalue weighted by Crippen LogP contribution is 2.06. The van der Waals surface area contributed by atoms with Gasteiger partial charge in [0, 0.05) is 19.2 Å². The summed E-state index contributed by atoms with van der Waals surface area (Å²) in [4.78, 5) is 11.8. The third-order valence-electron chi connectivity index (χ3n) is 2.74. The molecule has 4 nitrogen and oxygen atoms in total. The van der Waals surface area contributed by atoms with Crippen molar-refractivity contribution in [3.05, 3.63) is 17.5 Å². The maximum atomic E-state index is 11.8. The number of aromatic nitrogens is 2. The van der Waals surface area contributed by atoms with Gasteiger partial charge in [-0.15, -0.1) is 0 Å². The van der Waals surface area contributed by atoms with Gasteiger partial charge in [-0.3, -0.25) is 9.48 Å². The molecule has 0 spiro atoms. The minimum Gasteiger partial charge on any atom is -0.321 e. The fourth-order valence-electron chi connectivity index (χ4n) is 1.72. The van der Waals surface area contributed by atoms with E-state index in [2.05, 4.69) is 12.0 Å². The van der Waals surface area contributed by atoms with E-state index < -0.39 is 0 Å². The quantitative estimate of drug-likeness (QED) is 0.792. The Balaban J connectivity index is 2.53. The van der Waals surface area contributed by atoms with E-state index in [1.807, 2.05) is 20.0 Å². The van der Waals surface area contributed by atoms with E-state index in [0.29, 0.717) is 6.42 Å². The Kier molecular flexibility index (Phi) is 4.68. The van der Waals surface area contributed by atoms with Crippen LogP contribution >= 0.6 is 0 Å². The topological polar surface area (TPSA) is 60.9 Å². The van der Waals surface area contributed by atoms with Gasteiger partial charge in [0.1, 0.15) is 0 Å². The van der Waals surface area contributed by atoms with Crippen molar-refractivity contribution in [3.63, 3.8) is 0 Å². The highest BCUT2D eigenvalue weighted by Gasteiger charge is 2.15. The predicted octanol–water partition coefficient (Wildman–Crippen LogP) is 1.36. The zero-order valence-electron chi connectivity index (χ0n) is 10.4. The van der Waals surface area contributed by atoms with Crippen molar-refractivity contribution in [2.24, 2.45) is 12.8 Å². The minimum atomic E-state index is -0.324. The number of rotatable bonds is 6. The summed E-state index contributed by atoms with van der Waals surface area (Å²) >= 11 is 0. The van der Waals surface area contributed by atoms with Crippen LogP contribution in [-0.2, 0) is 18.3 Å². The fraction of sp³-hybridized carbons (Fsp3) is 0.667. The van der Waals surface area contributed by atoms with Crippen LogP contribution in [0.4, 0.5) is 0 Å². The first-order valence-electron chi connectivity index (χ1n) is 5.82. The zero-order valence-corrected chi connectivity index (χ0v) is 10.4. The van der Waals surface area contributed by atoms with Crippen LogP contribution in [0.2, 0.25) is 0 Å². The van der Waals surface area contributed by atoms with Gasteiger partial charge in [-0.05, 0) is 19.4 Å². The predicted molar refractivity (Wildman–Crippen MR) is 64.2 cm³/mol. The average Bonchev–Trinajstić information content (AvgIpc) is 2.53. The molecule has 1 atom stereocenters. The van der Waals surface area contributed by atoms with Crippen molar-refractivity contribution in [3.8, 4) is 0 Å². The molecule has 0 aliphatic rings. The SMILES string of the molecule is CCCCC(N)C(=O)Cc1cc(C)nn1C. The summed E-state index contributed by atoms with van der Waals surface area (Å²) < 4.78 is 1.75. The summed E-state index contributed by atoms with van der Waals surface area (Å²) in [5.74, 6) is 0.108. The van der Waals surface area contributed by atoms with E-state index in [9.17, 15) is 4.79 Å². The van der Waals surface area contributed by atoms with Crippen LogP contribution in [0.1, 0.15) is 37.6 Å². The Bertz CT molecular complexity index is 357. The Morgan fingerprint density at radius 2 is 2.31 bits per heavy atom. The summed E-state index contributed by atoms with van der Waals surface area (Å²) in [5.41, 5.74) is 7.71. The second kappa shape index (κ2) is 5.80. The highest BCUT2D eigenvalue weighted by atomic mass is 16.1. The molecule has 2 N–H and O–H groups in total. The van der Waals surface area contributed by atoms with E-state index in [-0.39, 0.29) is 11.8 Å². The molecule has 90 valence electrons. The Hall–Kier alpha value is -1.16. The smallest absolute Gasteiger partial charge is 0.155 e. The van der Waals surface area contributed by atoms with Crippen LogP contribution < -0.4 is 5.73 Å². The van der Waals surface area contributed by atoms with Gasteiger partial charge in [0.2, 0.25) is 0 Å². The van der Waals surface area contributed by atoms with Crippen LogP contribution in [0.15, 0.2) is 6.07 Å². The van der Waals surface area contributed by atoms with Crippen LogP contribution in [-0.4, -0.2) is 21.6 Å². The van der Waals surface area contributed by atoms with E-state index in [1.54, 1.807) is 4.68 Å². The lowest BCUT2D eigenvalue weighted by Gasteiger charge is -2.09. The van der Waals surface area contributed by atoms with Crippen LogP contribution in [0.5, 0.6) is 0 Å². The molecular formula is C12H21N3O. The molecule has 0 aliphatic carbocycles. The third-order valence-corrected chi connectivity index (χ3v) is 2.74. The number of ketones is 1. The lowest BCUT2D eigenvalue weighted by molar-refractivity contribution is -0.119. The lowest BCUT2D eigenvalue weighted by Crippen LogP contribution is -2.32. The van der Waals surface area contributed by atoms with E-state index in [0.717, 1.165) is 30.7 Å². The Morgan fingerprint density at radius 1 is 1.62 bits per heavy atom. The van der Waals surface area contributed by atoms with Crippen molar-refractivity contribution < 1.29 is 4.79 Å². The van der Waals surface area contributed by atoms with Crippen molar-refractivity contribution in [1.29, 1.82) is 0 Å². The first-order chi connectivity index (χ1) is 7.54. The first-order valence-corrected chi connectivity index (χ1v) is 5.82. The molecule has 0 saturated carbocycles.